The maximum atomic E-state index is 12.9. The van der Waals surface area contributed by atoms with Crippen molar-refractivity contribution in [2.24, 2.45) is 0 Å². The first-order valence-corrected chi connectivity index (χ1v) is 7.27. The summed E-state index contributed by atoms with van der Waals surface area (Å²) in [5, 5.41) is 10.1. The quantitative estimate of drug-likeness (QED) is 0.922. The van der Waals surface area contributed by atoms with E-state index in [1.807, 2.05) is 6.92 Å². The molecule has 1 N–H and O–H groups in total. The number of nitrogens with zero attached hydrogens (tertiary/aromatic N) is 1. The minimum atomic E-state index is -0.872. The first-order valence-electron chi connectivity index (χ1n) is 7.27. The Morgan fingerprint density at radius 2 is 1.87 bits per heavy atom. The topological polar surface area (TPSA) is 49.8 Å². The zero-order chi connectivity index (χ0) is 17.0. The van der Waals surface area contributed by atoms with E-state index in [0.717, 1.165) is 5.56 Å². The van der Waals surface area contributed by atoms with Crippen molar-refractivity contribution < 1.29 is 19.0 Å². The van der Waals surface area contributed by atoms with Gasteiger partial charge in [-0.05, 0) is 42.3 Å². The van der Waals surface area contributed by atoms with E-state index in [-0.39, 0.29) is 18.3 Å². The summed E-state index contributed by atoms with van der Waals surface area (Å²) in [6.45, 7) is 1.88. The molecule has 2 rings (SSSR count). The summed E-state index contributed by atoms with van der Waals surface area (Å²) >= 11 is 0. The van der Waals surface area contributed by atoms with Gasteiger partial charge in [-0.2, -0.15) is 0 Å². The van der Waals surface area contributed by atoms with Crippen LogP contribution in [0.5, 0.6) is 5.75 Å². The molecule has 0 aliphatic carbocycles. The third-order valence-electron chi connectivity index (χ3n) is 3.49. The largest absolute Gasteiger partial charge is 0.490 e. The maximum Gasteiger partial charge on any atom is 0.253 e. The SMILES string of the molecule is Cc1ccc(C(=O)N(C)C)cc1OCC(O)c1ccc(F)cc1. The van der Waals surface area contributed by atoms with Crippen LogP contribution in [0, 0.1) is 12.7 Å². The minimum Gasteiger partial charge on any atom is -0.490 e. The second-order valence-corrected chi connectivity index (χ2v) is 5.56. The van der Waals surface area contributed by atoms with Gasteiger partial charge in [0.1, 0.15) is 24.3 Å². The van der Waals surface area contributed by atoms with Gasteiger partial charge in [-0.25, -0.2) is 4.39 Å². The molecule has 2 aromatic carbocycles. The summed E-state index contributed by atoms with van der Waals surface area (Å²) < 4.78 is 18.5. The lowest BCUT2D eigenvalue weighted by atomic mass is 10.1. The summed E-state index contributed by atoms with van der Waals surface area (Å²) in [7, 11) is 3.36. The van der Waals surface area contributed by atoms with Crippen LogP contribution in [0.1, 0.15) is 27.6 Å². The van der Waals surface area contributed by atoms with Crippen LogP contribution in [-0.2, 0) is 0 Å². The molecule has 0 bridgehead atoms. The number of amides is 1. The van der Waals surface area contributed by atoms with Crippen LogP contribution < -0.4 is 4.74 Å². The number of carbonyl (C=O) groups excluding carboxylic acids is 1. The molecule has 2 aromatic rings. The van der Waals surface area contributed by atoms with Crippen LogP contribution in [0.15, 0.2) is 42.5 Å². The Labute approximate surface area is 135 Å². The van der Waals surface area contributed by atoms with Crippen LogP contribution in [0.3, 0.4) is 0 Å². The van der Waals surface area contributed by atoms with Crippen molar-refractivity contribution in [1.82, 2.24) is 4.90 Å². The first-order chi connectivity index (χ1) is 10.9. The van der Waals surface area contributed by atoms with Gasteiger partial charge in [-0.3, -0.25) is 4.79 Å². The maximum absolute atomic E-state index is 12.9. The fourth-order valence-corrected chi connectivity index (χ4v) is 2.10. The van der Waals surface area contributed by atoms with Gasteiger partial charge in [0, 0.05) is 19.7 Å². The van der Waals surface area contributed by atoms with Crippen molar-refractivity contribution >= 4 is 5.91 Å². The van der Waals surface area contributed by atoms with Crippen LogP contribution >= 0.6 is 0 Å². The second kappa shape index (κ2) is 7.24. The molecule has 1 atom stereocenters. The van der Waals surface area contributed by atoms with Crippen LogP contribution in [0.2, 0.25) is 0 Å². The molecule has 122 valence electrons. The predicted octanol–water partition coefficient (Wildman–Crippen LogP) is 2.95. The molecule has 23 heavy (non-hydrogen) atoms. The number of hydrogen-bond donors (Lipinski definition) is 1. The van der Waals surface area contributed by atoms with E-state index in [4.69, 9.17) is 4.74 Å². The summed E-state index contributed by atoms with van der Waals surface area (Å²) in [4.78, 5) is 13.5. The number of halogens is 1. The predicted molar refractivity (Wildman–Crippen MR) is 86.1 cm³/mol. The minimum absolute atomic E-state index is 0.0199. The highest BCUT2D eigenvalue weighted by Crippen LogP contribution is 2.22. The van der Waals surface area contributed by atoms with Crippen molar-refractivity contribution in [2.45, 2.75) is 13.0 Å². The molecule has 0 saturated carbocycles. The zero-order valence-electron chi connectivity index (χ0n) is 13.4. The molecule has 0 heterocycles. The first kappa shape index (κ1) is 17.0. The number of aryl methyl sites for hydroxylation is 1. The standard InChI is InChI=1S/C18H20FNO3/c1-12-4-5-14(18(22)20(2)3)10-17(12)23-11-16(21)13-6-8-15(19)9-7-13/h4-10,16,21H,11H2,1-3H3. The highest BCUT2D eigenvalue weighted by molar-refractivity contribution is 5.94. The Bertz CT molecular complexity index is 683. The molecule has 0 spiro atoms. The molecule has 5 heteroatoms. The molecular formula is C18H20FNO3. The molecule has 1 unspecified atom stereocenters. The normalized spacial score (nSPS) is 11.9. The Kier molecular flexibility index (Phi) is 5.34. The molecule has 0 aliphatic rings. The molecule has 1 amide bonds. The number of ether oxygens (including phenoxy) is 1. The smallest absolute Gasteiger partial charge is 0.253 e. The van der Waals surface area contributed by atoms with E-state index >= 15 is 0 Å². The highest BCUT2D eigenvalue weighted by atomic mass is 19.1. The van der Waals surface area contributed by atoms with Crippen LogP contribution in [-0.4, -0.2) is 36.6 Å². The van der Waals surface area contributed by atoms with E-state index in [1.165, 1.54) is 29.2 Å². The Hall–Kier alpha value is -2.40. The van der Waals surface area contributed by atoms with Gasteiger partial charge in [-0.15, -0.1) is 0 Å². The van der Waals surface area contributed by atoms with Crippen molar-refractivity contribution in [2.75, 3.05) is 20.7 Å². The summed E-state index contributed by atoms with van der Waals surface area (Å²) in [5.74, 6) is 0.0698. The van der Waals surface area contributed by atoms with Gasteiger partial charge in [0.05, 0.1) is 0 Å². The van der Waals surface area contributed by atoms with Gasteiger partial charge in [0.15, 0.2) is 0 Å². The van der Waals surface area contributed by atoms with Gasteiger partial charge in [0.2, 0.25) is 0 Å². The van der Waals surface area contributed by atoms with E-state index in [9.17, 15) is 14.3 Å². The van der Waals surface area contributed by atoms with Gasteiger partial charge in [0.25, 0.3) is 5.91 Å². The van der Waals surface area contributed by atoms with Crippen molar-refractivity contribution in [3.05, 3.63) is 65.0 Å². The van der Waals surface area contributed by atoms with Gasteiger partial charge < -0.3 is 14.7 Å². The van der Waals surface area contributed by atoms with E-state index in [2.05, 4.69) is 0 Å². The number of rotatable bonds is 5. The van der Waals surface area contributed by atoms with Crippen LogP contribution in [0.25, 0.3) is 0 Å². The Morgan fingerprint density at radius 1 is 1.22 bits per heavy atom. The summed E-state index contributed by atoms with van der Waals surface area (Å²) in [6, 6.07) is 10.8. The number of aliphatic hydroxyl groups excluding tert-OH is 1. The lowest BCUT2D eigenvalue weighted by Crippen LogP contribution is -2.21. The van der Waals surface area contributed by atoms with E-state index < -0.39 is 6.10 Å². The summed E-state index contributed by atoms with van der Waals surface area (Å²) in [5.41, 5.74) is 1.96. The van der Waals surface area contributed by atoms with Crippen molar-refractivity contribution in [3.8, 4) is 5.75 Å². The fourth-order valence-electron chi connectivity index (χ4n) is 2.10. The lowest BCUT2D eigenvalue weighted by molar-refractivity contribution is 0.0826. The van der Waals surface area contributed by atoms with Crippen LogP contribution in [0.4, 0.5) is 4.39 Å². The van der Waals surface area contributed by atoms with Crippen molar-refractivity contribution in [1.29, 1.82) is 0 Å². The number of benzene rings is 2. The molecule has 0 fully saturated rings. The molecule has 0 aliphatic heterocycles. The number of carbonyl (C=O) groups is 1. The van der Waals surface area contributed by atoms with Crippen molar-refractivity contribution in [3.63, 3.8) is 0 Å². The molecule has 4 nitrogen and oxygen atoms in total. The van der Waals surface area contributed by atoms with Gasteiger partial charge in [-0.1, -0.05) is 18.2 Å². The van der Waals surface area contributed by atoms with E-state index in [1.54, 1.807) is 32.3 Å². The van der Waals surface area contributed by atoms with Gasteiger partial charge >= 0.3 is 0 Å². The second-order valence-electron chi connectivity index (χ2n) is 5.56. The monoisotopic (exact) mass is 317 g/mol. The lowest BCUT2D eigenvalue weighted by Gasteiger charge is -2.16. The molecule has 0 radical (unpaired) electrons. The Morgan fingerprint density at radius 3 is 2.48 bits per heavy atom. The zero-order valence-corrected chi connectivity index (χ0v) is 13.4. The summed E-state index contributed by atoms with van der Waals surface area (Å²) in [6.07, 6.45) is -0.872. The average Bonchev–Trinajstić information content (AvgIpc) is 2.53. The number of aliphatic hydroxyl groups is 1. The number of hydrogen-bond acceptors (Lipinski definition) is 3. The third kappa shape index (κ3) is 4.29. The third-order valence-corrected chi connectivity index (χ3v) is 3.49. The molecular weight excluding hydrogens is 297 g/mol. The average molecular weight is 317 g/mol. The molecule has 0 saturated heterocycles. The fraction of sp³-hybridized carbons (Fsp3) is 0.278. The van der Waals surface area contributed by atoms with E-state index in [0.29, 0.717) is 16.9 Å². The Balaban J connectivity index is 2.09. The highest BCUT2D eigenvalue weighted by Gasteiger charge is 2.13. The molecule has 0 aromatic heterocycles.